The zero-order chi connectivity index (χ0) is 21.4. The molecule has 2 aromatic rings. The van der Waals surface area contributed by atoms with E-state index in [2.05, 4.69) is 0 Å². The van der Waals surface area contributed by atoms with Crippen molar-refractivity contribution in [2.75, 3.05) is 18.6 Å². The molecule has 0 aromatic heterocycles. The van der Waals surface area contributed by atoms with E-state index in [-0.39, 0.29) is 23.6 Å². The molecule has 2 aliphatic rings. The normalized spacial score (nSPS) is 16.5. The summed E-state index contributed by atoms with van der Waals surface area (Å²) in [6.45, 7) is 4.55. The van der Waals surface area contributed by atoms with Gasteiger partial charge in [0.25, 0.3) is 11.8 Å². The first-order chi connectivity index (χ1) is 14.4. The van der Waals surface area contributed by atoms with E-state index in [9.17, 15) is 14.4 Å². The number of carbonyl (C=O) groups is 3. The van der Waals surface area contributed by atoms with E-state index >= 15 is 0 Å². The van der Waals surface area contributed by atoms with Crippen LogP contribution in [0.4, 0.5) is 5.69 Å². The standard InChI is InChI=1S/C24H26N2O4/c1-15(2)13-21(26-22(27)18-8-4-5-9-19(18)23(26)28)24(29)25-12-6-7-16-14-17(30-3)10-11-20(16)25/h4-5,8-11,14-15,21H,6-7,12-13H2,1-3H3. The Kier molecular flexibility index (Phi) is 5.33. The minimum atomic E-state index is -0.828. The lowest BCUT2D eigenvalue weighted by Gasteiger charge is -2.35. The van der Waals surface area contributed by atoms with Crippen molar-refractivity contribution >= 4 is 23.4 Å². The van der Waals surface area contributed by atoms with Gasteiger partial charge in [-0.25, -0.2) is 0 Å². The Labute approximate surface area is 176 Å². The summed E-state index contributed by atoms with van der Waals surface area (Å²) >= 11 is 0. The van der Waals surface area contributed by atoms with E-state index in [1.165, 1.54) is 4.90 Å². The second kappa shape index (κ2) is 7.94. The average molecular weight is 406 g/mol. The molecule has 2 heterocycles. The fraction of sp³-hybridized carbons (Fsp3) is 0.375. The number of imide groups is 1. The van der Waals surface area contributed by atoms with Crippen LogP contribution in [-0.2, 0) is 11.2 Å². The Bertz CT molecular complexity index is 979. The van der Waals surface area contributed by atoms with E-state index in [1.54, 1.807) is 36.3 Å². The Morgan fingerprint density at radius 1 is 1.07 bits per heavy atom. The summed E-state index contributed by atoms with van der Waals surface area (Å²) in [5, 5.41) is 0. The van der Waals surface area contributed by atoms with Crippen LogP contribution in [0.2, 0.25) is 0 Å². The number of aryl methyl sites for hydroxylation is 1. The van der Waals surface area contributed by atoms with Gasteiger partial charge in [-0.1, -0.05) is 26.0 Å². The summed E-state index contributed by atoms with van der Waals surface area (Å²) in [7, 11) is 1.62. The Balaban J connectivity index is 1.70. The van der Waals surface area contributed by atoms with Crippen molar-refractivity contribution in [1.82, 2.24) is 4.90 Å². The quantitative estimate of drug-likeness (QED) is 0.711. The Hall–Kier alpha value is -3.15. The van der Waals surface area contributed by atoms with Crippen molar-refractivity contribution in [2.24, 2.45) is 5.92 Å². The summed E-state index contributed by atoms with van der Waals surface area (Å²) in [6.07, 6.45) is 2.10. The van der Waals surface area contributed by atoms with Gasteiger partial charge in [-0.2, -0.15) is 0 Å². The average Bonchev–Trinajstić information content (AvgIpc) is 3.01. The highest BCUT2D eigenvalue weighted by molar-refractivity contribution is 6.23. The maximum Gasteiger partial charge on any atom is 0.262 e. The number of carbonyl (C=O) groups excluding carboxylic acids is 3. The van der Waals surface area contributed by atoms with Crippen LogP contribution in [0.1, 0.15) is 53.0 Å². The molecule has 0 bridgehead atoms. The summed E-state index contributed by atoms with van der Waals surface area (Å²) in [6, 6.07) is 11.6. The predicted octanol–water partition coefficient (Wildman–Crippen LogP) is 3.69. The van der Waals surface area contributed by atoms with Gasteiger partial charge in [0.05, 0.1) is 18.2 Å². The third-order valence-electron chi connectivity index (χ3n) is 5.79. The maximum absolute atomic E-state index is 13.7. The number of anilines is 1. The number of hydrogen-bond donors (Lipinski definition) is 0. The van der Waals surface area contributed by atoms with Crippen molar-refractivity contribution in [3.05, 3.63) is 59.2 Å². The molecular weight excluding hydrogens is 380 g/mol. The molecule has 1 atom stereocenters. The molecule has 4 rings (SSSR count). The van der Waals surface area contributed by atoms with E-state index in [0.717, 1.165) is 29.8 Å². The van der Waals surface area contributed by atoms with Crippen LogP contribution >= 0.6 is 0 Å². The highest BCUT2D eigenvalue weighted by Gasteiger charge is 2.44. The van der Waals surface area contributed by atoms with Gasteiger partial charge in [-0.05, 0) is 61.1 Å². The smallest absolute Gasteiger partial charge is 0.262 e. The molecule has 0 saturated carbocycles. The maximum atomic E-state index is 13.7. The van der Waals surface area contributed by atoms with Crippen molar-refractivity contribution in [3.8, 4) is 5.75 Å². The van der Waals surface area contributed by atoms with Crippen molar-refractivity contribution in [2.45, 2.75) is 39.2 Å². The molecule has 6 heteroatoms. The Morgan fingerprint density at radius 2 is 1.73 bits per heavy atom. The van der Waals surface area contributed by atoms with Crippen LogP contribution in [0.5, 0.6) is 5.75 Å². The number of fused-ring (bicyclic) bond motifs is 2. The molecule has 1 unspecified atom stereocenters. The summed E-state index contributed by atoms with van der Waals surface area (Å²) in [4.78, 5) is 42.8. The number of nitrogens with zero attached hydrogens (tertiary/aromatic N) is 2. The molecule has 0 spiro atoms. The molecule has 0 N–H and O–H groups in total. The van der Waals surface area contributed by atoms with Crippen LogP contribution < -0.4 is 9.64 Å². The van der Waals surface area contributed by atoms with Gasteiger partial charge in [0.2, 0.25) is 5.91 Å². The van der Waals surface area contributed by atoms with Gasteiger partial charge in [0, 0.05) is 12.2 Å². The topological polar surface area (TPSA) is 66.9 Å². The Morgan fingerprint density at radius 3 is 2.33 bits per heavy atom. The van der Waals surface area contributed by atoms with E-state index in [4.69, 9.17) is 4.74 Å². The lowest BCUT2D eigenvalue weighted by Crippen LogP contribution is -2.52. The first-order valence-electron chi connectivity index (χ1n) is 10.4. The van der Waals surface area contributed by atoms with Gasteiger partial charge >= 0.3 is 0 Å². The highest BCUT2D eigenvalue weighted by atomic mass is 16.5. The molecule has 0 radical (unpaired) electrons. The predicted molar refractivity (Wildman–Crippen MR) is 114 cm³/mol. The molecule has 0 fully saturated rings. The zero-order valence-electron chi connectivity index (χ0n) is 17.6. The van der Waals surface area contributed by atoms with Gasteiger partial charge in [0.15, 0.2) is 0 Å². The highest BCUT2D eigenvalue weighted by Crippen LogP contribution is 2.33. The van der Waals surface area contributed by atoms with Crippen LogP contribution in [0.25, 0.3) is 0 Å². The number of benzene rings is 2. The van der Waals surface area contributed by atoms with Crippen LogP contribution in [0.15, 0.2) is 42.5 Å². The number of methoxy groups -OCH3 is 1. The number of ether oxygens (including phenoxy) is 1. The third-order valence-corrected chi connectivity index (χ3v) is 5.79. The summed E-state index contributed by atoms with van der Waals surface area (Å²) in [5.41, 5.74) is 2.61. The van der Waals surface area contributed by atoms with Crippen LogP contribution in [0, 0.1) is 5.92 Å². The number of rotatable bonds is 5. The summed E-state index contributed by atoms with van der Waals surface area (Å²) in [5.74, 6) is -0.0852. The zero-order valence-corrected chi connectivity index (χ0v) is 17.6. The molecule has 0 saturated heterocycles. The minimum absolute atomic E-state index is 0.142. The fourth-order valence-electron chi connectivity index (χ4n) is 4.36. The molecule has 3 amide bonds. The van der Waals surface area contributed by atoms with Gasteiger partial charge in [-0.15, -0.1) is 0 Å². The third kappa shape index (κ3) is 3.36. The van der Waals surface area contributed by atoms with E-state index in [1.807, 2.05) is 32.0 Å². The lowest BCUT2D eigenvalue weighted by molar-refractivity contribution is -0.123. The van der Waals surface area contributed by atoms with Crippen molar-refractivity contribution < 1.29 is 19.1 Å². The molecule has 30 heavy (non-hydrogen) atoms. The minimum Gasteiger partial charge on any atom is -0.497 e. The fourth-order valence-corrected chi connectivity index (χ4v) is 4.36. The molecule has 6 nitrogen and oxygen atoms in total. The molecule has 2 aliphatic heterocycles. The van der Waals surface area contributed by atoms with Gasteiger partial charge < -0.3 is 9.64 Å². The monoisotopic (exact) mass is 406 g/mol. The van der Waals surface area contributed by atoms with Crippen LogP contribution in [-0.4, -0.2) is 42.3 Å². The van der Waals surface area contributed by atoms with Crippen molar-refractivity contribution in [3.63, 3.8) is 0 Å². The van der Waals surface area contributed by atoms with E-state index < -0.39 is 6.04 Å². The lowest BCUT2D eigenvalue weighted by atomic mass is 9.97. The molecule has 0 aliphatic carbocycles. The molecule has 156 valence electrons. The SMILES string of the molecule is COc1ccc2c(c1)CCCN2C(=O)C(CC(C)C)N1C(=O)c2ccccc2C1=O. The van der Waals surface area contributed by atoms with Gasteiger partial charge in [-0.3, -0.25) is 19.3 Å². The first-order valence-corrected chi connectivity index (χ1v) is 10.4. The van der Waals surface area contributed by atoms with E-state index in [0.29, 0.717) is 24.1 Å². The van der Waals surface area contributed by atoms with Gasteiger partial charge in [0.1, 0.15) is 11.8 Å². The molecular formula is C24H26N2O4. The largest absolute Gasteiger partial charge is 0.497 e. The number of amides is 3. The first kappa shape index (κ1) is 20.1. The second-order valence-electron chi connectivity index (χ2n) is 8.26. The summed E-state index contributed by atoms with van der Waals surface area (Å²) < 4.78 is 5.32. The molecule has 2 aromatic carbocycles. The van der Waals surface area contributed by atoms with Crippen LogP contribution in [0.3, 0.4) is 0 Å². The van der Waals surface area contributed by atoms with Crippen molar-refractivity contribution in [1.29, 1.82) is 0 Å². The second-order valence-corrected chi connectivity index (χ2v) is 8.26. The number of hydrogen-bond acceptors (Lipinski definition) is 4.